The van der Waals surface area contributed by atoms with E-state index in [4.69, 9.17) is 10.7 Å². The zero-order chi connectivity index (χ0) is 14.4. The van der Waals surface area contributed by atoms with E-state index >= 15 is 0 Å². The van der Waals surface area contributed by atoms with Gasteiger partial charge < -0.3 is 10.3 Å². The van der Waals surface area contributed by atoms with Gasteiger partial charge in [-0.2, -0.15) is 0 Å². The number of nitrogen functional groups attached to an aromatic ring is 1. The van der Waals surface area contributed by atoms with Crippen LogP contribution in [0.3, 0.4) is 0 Å². The summed E-state index contributed by atoms with van der Waals surface area (Å²) in [5.74, 6) is 2.49. The average Bonchev–Trinajstić information content (AvgIpc) is 2.73. The number of benzene rings is 1. The van der Waals surface area contributed by atoms with Crippen molar-refractivity contribution in [1.29, 1.82) is 0 Å². The van der Waals surface area contributed by atoms with Gasteiger partial charge in [-0.25, -0.2) is 4.98 Å². The van der Waals surface area contributed by atoms with Crippen molar-refractivity contribution >= 4 is 5.82 Å². The summed E-state index contributed by atoms with van der Waals surface area (Å²) in [6.07, 6.45) is 2.40. The minimum Gasteiger partial charge on any atom is -0.383 e. The van der Waals surface area contributed by atoms with Gasteiger partial charge in [-0.3, -0.25) is 0 Å². The number of rotatable bonds is 1. The van der Waals surface area contributed by atoms with E-state index in [-0.39, 0.29) is 0 Å². The molecular weight excluding hydrogens is 246 g/mol. The van der Waals surface area contributed by atoms with Gasteiger partial charge in [0.25, 0.3) is 0 Å². The van der Waals surface area contributed by atoms with Crippen LogP contribution in [-0.2, 0) is 6.54 Å². The molecule has 3 rings (SSSR count). The quantitative estimate of drug-likeness (QED) is 0.851. The molecule has 3 heteroatoms. The maximum absolute atomic E-state index is 6.38. The molecule has 0 spiro atoms. The van der Waals surface area contributed by atoms with Crippen LogP contribution in [0.4, 0.5) is 5.82 Å². The Labute approximate surface area is 120 Å². The number of fused-ring (bicyclic) bond motifs is 1. The summed E-state index contributed by atoms with van der Waals surface area (Å²) in [4.78, 5) is 4.87. The van der Waals surface area contributed by atoms with Gasteiger partial charge in [0.2, 0.25) is 0 Å². The molecule has 0 bridgehead atoms. The number of aromatic nitrogens is 2. The molecule has 3 nitrogen and oxygen atoms in total. The molecule has 0 radical (unpaired) electrons. The monoisotopic (exact) mass is 269 g/mol. The van der Waals surface area contributed by atoms with E-state index in [0.717, 1.165) is 23.9 Å². The molecule has 1 aliphatic rings. The standard InChI is InChI=1S/C17H23N3/c1-10-6-5-7-20-16(18)15(19-17(10)20)14-9-12(3)11(2)8-13(14)4/h8-10H,5-7,18H2,1-4H3. The summed E-state index contributed by atoms with van der Waals surface area (Å²) in [6.45, 7) is 9.68. The van der Waals surface area contributed by atoms with Crippen LogP contribution >= 0.6 is 0 Å². The van der Waals surface area contributed by atoms with Crippen molar-refractivity contribution in [2.45, 2.75) is 53.0 Å². The zero-order valence-electron chi connectivity index (χ0n) is 12.8. The molecule has 1 unspecified atom stereocenters. The second-order valence-electron chi connectivity index (χ2n) is 6.15. The first-order valence-corrected chi connectivity index (χ1v) is 7.43. The highest BCUT2D eigenvalue weighted by atomic mass is 15.2. The van der Waals surface area contributed by atoms with Gasteiger partial charge in [-0.15, -0.1) is 0 Å². The Hall–Kier alpha value is -1.77. The van der Waals surface area contributed by atoms with E-state index in [2.05, 4.69) is 44.4 Å². The predicted octanol–water partition coefficient (Wildman–Crippen LogP) is 3.95. The molecule has 2 N–H and O–H groups in total. The lowest BCUT2D eigenvalue weighted by Crippen LogP contribution is -2.15. The van der Waals surface area contributed by atoms with Crippen LogP contribution in [0.15, 0.2) is 12.1 Å². The number of aryl methyl sites for hydroxylation is 3. The molecule has 2 aromatic rings. The fourth-order valence-electron chi connectivity index (χ4n) is 3.19. The molecule has 2 heterocycles. The number of imidazole rings is 1. The lowest BCUT2D eigenvalue weighted by Gasteiger charge is -2.20. The lowest BCUT2D eigenvalue weighted by atomic mass is 9.99. The van der Waals surface area contributed by atoms with Gasteiger partial charge in [-0.1, -0.05) is 13.0 Å². The molecular formula is C17H23N3. The van der Waals surface area contributed by atoms with E-state index in [1.807, 2.05) is 0 Å². The number of nitrogens with zero attached hydrogens (tertiary/aromatic N) is 2. The van der Waals surface area contributed by atoms with Crippen molar-refractivity contribution in [2.75, 3.05) is 5.73 Å². The topological polar surface area (TPSA) is 43.8 Å². The summed E-state index contributed by atoms with van der Waals surface area (Å²) in [7, 11) is 0. The third-order valence-electron chi connectivity index (χ3n) is 4.59. The molecule has 0 saturated heterocycles. The summed E-state index contributed by atoms with van der Waals surface area (Å²) >= 11 is 0. The number of nitrogens with two attached hydrogens (primary N) is 1. The van der Waals surface area contributed by atoms with Crippen molar-refractivity contribution in [2.24, 2.45) is 0 Å². The summed E-state index contributed by atoms with van der Waals surface area (Å²) in [5.41, 5.74) is 12.4. The van der Waals surface area contributed by atoms with Crippen molar-refractivity contribution in [3.05, 3.63) is 34.6 Å². The van der Waals surface area contributed by atoms with Gasteiger partial charge in [0.05, 0.1) is 0 Å². The lowest BCUT2D eigenvalue weighted by molar-refractivity contribution is 0.467. The van der Waals surface area contributed by atoms with Gasteiger partial charge in [0.1, 0.15) is 17.3 Å². The third-order valence-corrected chi connectivity index (χ3v) is 4.59. The van der Waals surface area contributed by atoms with Crippen LogP contribution in [0.25, 0.3) is 11.3 Å². The fourth-order valence-corrected chi connectivity index (χ4v) is 3.19. The Bertz CT molecular complexity index is 667. The second-order valence-corrected chi connectivity index (χ2v) is 6.15. The number of anilines is 1. The van der Waals surface area contributed by atoms with E-state index in [0.29, 0.717) is 5.92 Å². The first-order valence-electron chi connectivity index (χ1n) is 7.43. The Morgan fingerprint density at radius 2 is 1.85 bits per heavy atom. The largest absolute Gasteiger partial charge is 0.383 e. The Kier molecular flexibility index (Phi) is 3.08. The minimum absolute atomic E-state index is 0.506. The highest BCUT2D eigenvalue weighted by molar-refractivity contribution is 5.75. The Balaban J connectivity index is 2.19. The highest BCUT2D eigenvalue weighted by Crippen LogP contribution is 2.36. The Morgan fingerprint density at radius 3 is 2.55 bits per heavy atom. The van der Waals surface area contributed by atoms with Crippen molar-refractivity contribution in [1.82, 2.24) is 9.55 Å². The third kappa shape index (κ3) is 1.92. The molecule has 1 aromatic heterocycles. The van der Waals surface area contributed by atoms with E-state index in [9.17, 15) is 0 Å². The van der Waals surface area contributed by atoms with Gasteiger partial charge >= 0.3 is 0 Å². The van der Waals surface area contributed by atoms with Crippen LogP contribution in [0.5, 0.6) is 0 Å². The molecule has 1 aliphatic heterocycles. The smallest absolute Gasteiger partial charge is 0.131 e. The summed E-state index contributed by atoms with van der Waals surface area (Å²) in [5, 5.41) is 0. The number of hydrogen-bond donors (Lipinski definition) is 1. The predicted molar refractivity (Wildman–Crippen MR) is 83.9 cm³/mol. The van der Waals surface area contributed by atoms with E-state index in [1.54, 1.807) is 0 Å². The first kappa shape index (κ1) is 13.2. The molecule has 0 amide bonds. The van der Waals surface area contributed by atoms with Crippen LogP contribution in [0.2, 0.25) is 0 Å². The molecule has 0 aliphatic carbocycles. The molecule has 20 heavy (non-hydrogen) atoms. The average molecular weight is 269 g/mol. The zero-order valence-corrected chi connectivity index (χ0v) is 12.8. The maximum atomic E-state index is 6.38. The minimum atomic E-state index is 0.506. The summed E-state index contributed by atoms with van der Waals surface area (Å²) in [6, 6.07) is 4.45. The second kappa shape index (κ2) is 4.65. The van der Waals surface area contributed by atoms with Crippen LogP contribution < -0.4 is 5.73 Å². The highest BCUT2D eigenvalue weighted by Gasteiger charge is 2.24. The maximum Gasteiger partial charge on any atom is 0.131 e. The van der Waals surface area contributed by atoms with Crippen LogP contribution in [0.1, 0.15) is 48.2 Å². The number of hydrogen-bond acceptors (Lipinski definition) is 2. The van der Waals surface area contributed by atoms with E-state index in [1.165, 1.54) is 35.1 Å². The molecule has 1 aromatic carbocycles. The van der Waals surface area contributed by atoms with Crippen molar-refractivity contribution < 1.29 is 0 Å². The molecule has 0 fully saturated rings. The van der Waals surface area contributed by atoms with Gasteiger partial charge in [0.15, 0.2) is 0 Å². The van der Waals surface area contributed by atoms with E-state index < -0.39 is 0 Å². The molecule has 1 atom stereocenters. The normalized spacial score (nSPS) is 18.1. The SMILES string of the molecule is Cc1cc(C)c(-c2nc3n(c2N)CCCC3C)cc1C. The molecule has 0 saturated carbocycles. The molecule has 106 valence electrons. The first-order chi connectivity index (χ1) is 9.49. The fraction of sp³-hybridized carbons (Fsp3) is 0.471. The van der Waals surface area contributed by atoms with Crippen molar-refractivity contribution in [3.63, 3.8) is 0 Å². The van der Waals surface area contributed by atoms with Gasteiger partial charge in [-0.05, 0) is 56.4 Å². The van der Waals surface area contributed by atoms with Crippen LogP contribution in [0, 0.1) is 20.8 Å². The Morgan fingerprint density at radius 1 is 1.15 bits per heavy atom. The van der Waals surface area contributed by atoms with Gasteiger partial charge in [0, 0.05) is 18.0 Å². The van der Waals surface area contributed by atoms with Crippen LogP contribution in [-0.4, -0.2) is 9.55 Å². The summed E-state index contributed by atoms with van der Waals surface area (Å²) < 4.78 is 2.21. The van der Waals surface area contributed by atoms with Crippen molar-refractivity contribution in [3.8, 4) is 11.3 Å².